The molecule has 0 atom stereocenters. The Bertz CT molecular complexity index is 350. The molecular formula is C16H30N4O2. The highest BCUT2D eigenvalue weighted by Gasteiger charge is 2.16. The third kappa shape index (κ3) is 6.75. The summed E-state index contributed by atoms with van der Waals surface area (Å²) in [5.74, 6) is 0.632. The summed E-state index contributed by atoms with van der Waals surface area (Å²) in [5.41, 5.74) is 0. The van der Waals surface area contributed by atoms with Crippen molar-refractivity contribution in [1.82, 2.24) is 20.9 Å². The number of hydrogen-bond donors (Lipinski definition) is 3. The Morgan fingerprint density at radius 1 is 1.05 bits per heavy atom. The predicted octanol–water partition coefficient (Wildman–Crippen LogP) is 0.0944. The van der Waals surface area contributed by atoms with E-state index in [1.54, 1.807) is 0 Å². The summed E-state index contributed by atoms with van der Waals surface area (Å²) in [5, 5.41) is 8.89. The molecule has 1 saturated heterocycles. The van der Waals surface area contributed by atoms with E-state index in [0.717, 1.165) is 45.1 Å². The van der Waals surface area contributed by atoms with Gasteiger partial charge in [-0.3, -0.25) is 14.5 Å². The SMILES string of the molecule is O=C(CCC1CCCC1)NCC(=O)NCCN1CCNCC1. The fraction of sp³-hybridized carbons (Fsp3) is 0.875. The van der Waals surface area contributed by atoms with Gasteiger partial charge < -0.3 is 16.0 Å². The van der Waals surface area contributed by atoms with Gasteiger partial charge in [0.15, 0.2) is 0 Å². The molecule has 0 unspecified atom stereocenters. The Morgan fingerprint density at radius 3 is 2.50 bits per heavy atom. The summed E-state index contributed by atoms with van der Waals surface area (Å²) in [7, 11) is 0. The third-order valence-electron chi connectivity index (χ3n) is 4.66. The first kappa shape index (κ1) is 17.2. The van der Waals surface area contributed by atoms with Crippen LogP contribution in [0.25, 0.3) is 0 Å². The van der Waals surface area contributed by atoms with Gasteiger partial charge in [0.1, 0.15) is 0 Å². The van der Waals surface area contributed by atoms with Crippen molar-refractivity contribution in [3.63, 3.8) is 0 Å². The van der Waals surface area contributed by atoms with E-state index in [-0.39, 0.29) is 18.4 Å². The third-order valence-corrected chi connectivity index (χ3v) is 4.66. The molecule has 0 radical (unpaired) electrons. The second-order valence-corrected chi connectivity index (χ2v) is 6.41. The minimum Gasteiger partial charge on any atom is -0.353 e. The van der Waals surface area contributed by atoms with Crippen molar-refractivity contribution in [3.8, 4) is 0 Å². The highest BCUT2D eigenvalue weighted by atomic mass is 16.2. The summed E-state index contributed by atoms with van der Waals surface area (Å²) in [4.78, 5) is 25.7. The maximum atomic E-state index is 11.7. The standard InChI is InChI=1S/C16H30N4O2/c21-15(6-5-14-3-1-2-4-14)19-13-16(22)18-9-12-20-10-7-17-8-11-20/h14,17H,1-13H2,(H,18,22)(H,19,21). The number of piperazine rings is 1. The molecule has 6 nitrogen and oxygen atoms in total. The molecule has 22 heavy (non-hydrogen) atoms. The number of carbonyl (C=O) groups is 2. The van der Waals surface area contributed by atoms with Gasteiger partial charge in [0, 0.05) is 45.7 Å². The van der Waals surface area contributed by atoms with Crippen LogP contribution in [0.15, 0.2) is 0 Å². The van der Waals surface area contributed by atoms with E-state index >= 15 is 0 Å². The zero-order valence-corrected chi connectivity index (χ0v) is 13.5. The number of rotatable bonds is 8. The normalized spacial score (nSPS) is 20.0. The van der Waals surface area contributed by atoms with Crippen molar-refractivity contribution in [2.75, 3.05) is 45.8 Å². The summed E-state index contributed by atoms with van der Waals surface area (Å²) < 4.78 is 0. The van der Waals surface area contributed by atoms with E-state index in [0.29, 0.717) is 13.0 Å². The van der Waals surface area contributed by atoms with Crippen LogP contribution in [0.3, 0.4) is 0 Å². The minimum atomic E-state index is -0.0932. The van der Waals surface area contributed by atoms with Crippen molar-refractivity contribution in [1.29, 1.82) is 0 Å². The average molecular weight is 310 g/mol. The van der Waals surface area contributed by atoms with Crippen LogP contribution in [-0.4, -0.2) is 62.5 Å². The van der Waals surface area contributed by atoms with Gasteiger partial charge in [-0.25, -0.2) is 0 Å². The Morgan fingerprint density at radius 2 is 1.77 bits per heavy atom. The van der Waals surface area contributed by atoms with Crippen molar-refractivity contribution in [2.24, 2.45) is 5.92 Å². The second-order valence-electron chi connectivity index (χ2n) is 6.41. The van der Waals surface area contributed by atoms with Gasteiger partial charge in [0.2, 0.25) is 11.8 Å². The van der Waals surface area contributed by atoms with Crippen LogP contribution in [0.4, 0.5) is 0 Å². The van der Waals surface area contributed by atoms with Crippen LogP contribution in [0.1, 0.15) is 38.5 Å². The number of carbonyl (C=O) groups excluding carboxylic acids is 2. The molecule has 2 fully saturated rings. The van der Waals surface area contributed by atoms with E-state index in [4.69, 9.17) is 0 Å². The highest BCUT2D eigenvalue weighted by Crippen LogP contribution is 2.28. The van der Waals surface area contributed by atoms with Crippen LogP contribution < -0.4 is 16.0 Å². The van der Waals surface area contributed by atoms with Crippen LogP contribution in [0, 0.1) is 5.92 Å². The highest BCUT2D eigenvalue weighted by molar-refractivity contribution is 5.84. The molecule has 3 N–H and O–H groups in total. The minimum absolute atomic E-state index is 0.00385. The van der Waals surface area contributed by atoms with Crippen molar-refractivity contribution < 1.29 is 9.59 Å². The Kier molecular flexibility index (Phi) is 7.66. The topological polar surface area (TPSA) is 73.5 Å². The smallest absolute Gasteiger partial charge is 0.239 e. The molecule has 1 aliphatic heterocycles. The zero-order valence-electron chi connectivity index (χ0n) is 13.5. The lowest BCUT2D eigenvalue weighted by Crippen LogP contribution is -2.47. The lowest BCUT2D eigenvalue weighted by molar-refractivity contribution is -0.126. The molecule has 2 aliphatic rings. The number of amides is 2. The van der Waals surface area contributed by atoms with Crippen LogP contribution >= 0.6 is 0 Å². The van der Waals surface area contributed by atoms with E-state index < -0.39 is 0 Å². The van der Waals surface area contributed by atoms with Gasteiger partial charge in [-0.05, 0) is 12.3 Å². The molecule has 1 aliphatic carbocycles. The largest absolute Gasteiger partial charge is 0.353 e. The maximum absolute atomic E-state index is 11.7. The number of nitrogens with zero attached hydrogens (tertiary/aromatic N) is 1. The van der Waals surface area contributed by atoms with Crippen LogP contribution in [0.2, 0.25) is 0 Å². The van der Waals surface area contributed by atoms with E-state index in [1.807, 2.05) is 0 Å². The van der Waals surface area contributed by atoms with Crippen molar-refractivity contribution >= 4 is 11.8 Å². The lowest BCUT2D eigenvalue weighted by atomic mass is 10.0. The average Bonchev–Trinajstić information content (AvgIpc) is 3.05. The summed E-state index contributed by atoms with van der Waals surface area (Å²) in [6.45, 7) is 5.74. The molecule has 126 valence electrons. The van der Waals surface area contributed by atoms with E-state index in [1.165, 1.54) is 25.7 Å². The van der Waals surface area contributed by atoms with Gasteiger partial charge in [-0.1, -0.05) is 25.7 Å². The summed E-state index contributed by atoms with van der Waals surface area (Å²) >= 11 is 0. The van der Waals surface area contributed by atoms with Crippen molar-refractivity contribution in [2.45, 2.75) is 38.5 Å². The van der Waals surface area contributed by atoms with Gasteiger partial charge in [-0.15, -0.1) is 0 Å². The van der Waals surface area contributed by atoms with Gasteiger partial charge >= 0.3 is 0 Å². The maximum Gasteiger partial charge on any atom is 0.239 e. The molecule has 2 rings (SSSR count). The van der Waals surface area contributed by atoms with Gasteiger partial charge in [0.25, 0.3) is 0 Å². The quantitative estimate of drug-likeness (QED) is 0.594. The fourth-order valence-electron chi connectivity index (χ4n) is 3.25. The predicted molar refractivity (Wildman–Crippen MR) is 86.5 cm³/mol. The molecule has 6 heteroatoms. The molecule has 0 aromatic rings. The van der Waals surface area contributed by atoms with E-state index in [9.17, 15) is 9.59 Å². The van der Waals surface area contributed by atoms with Crippen molar-refractivity contribution in [3.05, 3.63) is 0 Å². The molecule has 0 aromatic carbocycles. The molecule has 0 spiro atoms. The lowest BCUT2D eigenvalue weighted by Gasteiger charge is -2.27. The first-order chi connectivity index (χ1) is 10.7. The molecular weight excluding hydrogens is 280 g/mol. The second kappa shape index (κ2) is 9.79. The Hall–Kier alpha value is -1.14. The molecule has 0 aromatic heterocycles. The first-order valence-electron chi connectivity index (χ1n) is 8.70. The summed E-state index contributed by atoms with van der Waals surface area (Å²) in [6, 6.07) is 0. The molecule has 1 saturated carbocycles. The monoisotopic (exact) mass is 310 g/mol. The number of hydrogen-bond acceptors (Lipinski definition) is 4. The molecule has 0 bridgehead atoms. The zero-order chi connectivity index (χ0) is 15.6. The summed E-state index contributed by atoms with van der Waals surface area (Å²) in [6.07, 6.45) is 6.66. The number of nitrogens with one attached hydrogen (secondary N) is 3. The van der Waals surface area contributed by atoms with Gasteiger partial charge in [0.05, 0.1) is 6.54 Å². The molecule has 1 heterocycles. The van der Waals surface area contributed by atoms with Gasteiger partial charge in [-0.2, -0.15) is 0 Å². The molecule has 2 amide bonds. The Balaban J connectivity index is 1.46. The van der Waals surface area contributed by atoms with E-state index in [2.05, 4.69) is 20.9 Å². The Labute approximate surface area is 133 Å². The van der Waals surface area contributed by atoms with Crippen LogP contribution in [0.5, 0.6) is 0 Å². The first-order valence-corrected chi connectivity index (χ1v) is 8.70. The fourth-order valence-corrected chi connectivity index (χ4v) is 3.25. The van der Waals surface area contributed by atoms with Crippen LogP contribution in [-0.2, 0) is 9.59 Å².